The summed E-state index contributed by atoms with van der Waals surface area (Å²) in [5.41, 5.74) is 0.607. The number of unbranched alkanes of at least 4 members (excludes halogenated alkanes) is 1. The van der Waals surface area contributed by atoms with E-state index in [2.05, 4.69) is 15.4 Å². The van der Waals surface area contributed by atoms with Gasteiger partial charge in [-0.25, -0.2) is 4.79 Å². The molecule has 1 aromatic carbocycles. The molecular formula is C16H19N3O4. The predicted molar refractivity (Wildman–Crippen MR) is 83.5 cm³/mol. The van der Waals surface area contributed by atoms with E-state index in [1.54, 1.807) is 24.3 Å². The highest BCUT2D eigenvalue weighted by molar-refractivity contribution is 6.04. The molecule has 0 aromatic heterocycles. The topological polar surface area (TPSA) is 108 Å². The minimum Gasteiger partial charge on any atom is -0.467 e. The van der Waals surface area contributed by atoms with Crippen LogP contribution in [-0.2, 0) is 14.3 Å². The Morgan fingerprint density at radius 3 is 2.61 bits per heavy atom. The van der Waals surface area contributed by atoms with Gasteiger partial charge in [0.05, 0.1) is 24.4 Å². The number of para-hydroxylation sites is 1. The molecule has 0 heterocycles. The smallest absolute Gasteiger partial charge is 0.328 e. The summed E-state index contributed by atoms with van der Waals surface area (Å²) in [6, 6.07) is 7.63. The van der Waals surface area contributed by atoms with Gasteiger partial charge in [0.25, 0.3) is 5.91 Å². The number of esters is 1. The largest absolute Gasteiger partial charge is 0.467 e. The molecule has 0 fully saturated rings. The zero-order valence-electron chi connectivity index (χ0n) is 13.1. The summed E-state index contributed by atoms with van der Waals surface area (Å²) in [4.78, 5) is 35.3. The lowest BCUT2D eigenvalue weighted by Gasteiger charge is -2.17. The van der Waals surface area contributed by atoms with E-state index in [1.165, 1.54) is 14.0 Å². The van der Waals surface area contributed by atoms with Crippen LogP contribution in [0.25, 0.3) is 0 Å². The van der Waals surface area contributed by atoms with Crippen LogP contribution in [0.2, 0.25) is 0 Å². The third-order valence-corrected chi connectivity index (χ3v) is 3.05. The molecule has 2 N–H and O–H groups in total. The van der Waals surface area contributed by atoms with Crippen molar-refractivity contribution in [1.29, 1.82) is 5.26 Å². The number of hydrogen-bond acceptors (Lipinski definition) is 5. The van der Waals surface area contributed by atoms with Crippen LogP contribution in [0, 0.1) is 11.3 Å². The third-order valence-electron chi connectivity index (χ3n) is 3.05. The number of carbonyl (C=O) groups is 3. The fourth-order valence-corrected chi connectivity index (χ4v) is 1.99. The predicted octanol–water partition coefficient (Wildman–Crippen LogP) is 1.61. The molecule has 0 spiro atoms. The second-order valence-electron chi connectivity index (χ2n) is 4.83. The molecule has 0 aliphatic rings. The first-order valence-electron chi connectivity index (χ1n) is 7.11. The Morgan fingerprint density at radius 1 is 1.30 bits per heavy atom. The van der Waals surface area contributed by atoms with Crippen LogP contribution in [-0.4, -0.2) is 30.9 Å². The first kappa shape index (κ1) is 18.2. The molecule has 1 aromatic rings. The van der Waals surface area contributed by atoms with Crippen molar-refractivity contribution in [3.05, 3.63) is 29.8 Å². The van der Waals surface area contributed by atoms with E-state index in [0.717, 1.165) is 0 Å². The van der Waals surface area contributed by atoms with Gasteiger partial charge in [-0.1, -0.05) is 12.1 Å². The van der Waals surface area contributed by atoms with Gasteiger partial charge in [-0.15, -0.1) is 0 Å². The molecule has 0 aliphatic carbocycles. The lowest BCUT2D eigenvalue weighted by Crippen LogP contribution is -2.41. The number of methoxy groups -OCH3 is 1. The fraction of sp³-hybridized carbons (Fsp3) is 0.375. The van der Waals surface area contributed by atoms with Gasteiger partial charge in [-0.3, -0.25) is 9.59 Å². The Balaban J connectivity index is 2.88. The highest BCUT2D eigenvalue weighted by Gasteiger charge is 2.23. The zero-order chi connectivity index (χ0) is 17.2. The van der Waals surface area contributed by atoms with Crippen molar-refractivity contribution in [2.45, 2.75) is 32.2 Å². The van der Waals surface area contributed by atoms with E-state index in [1.807, 2.05) is 6.07 Å². The number of benzene rings is 1. The summed E-state index contributed by atoms with van der Waals surface area (Å²) < 4.78 is 4.67. The van der Waals surface area contributed by atoms with E-state index in [4.69, 9.17) is 5.26 Å². The summed E-state index contributed by atoms with van der Waals surface area (Å²) in [5, 5.41) is 13.7. The molecule has 7 heteroatoms. The van der Waals surface area contributed by atoms with Crippen molar-refractivity contribution in [3.63, 3.8) is 0 Å². The van der Waals surface area contributed by atoms with Crippen molar-refractivity contribution >= 4 is 23.5 Å². The molecule has 0 saturated heterocycles. The number of anilines is 1. The average molecular weight is 317 g/mol. The van der Waals surface area contributed by atoms with E-state index in [9.17, 15) is 14.4 Å². The summed E-state index contributed by atoms with van der Waals surface area (Å²) in [7, 11) is 1.23. The summed E-state index contributed by atoms with van der Waals surface area (Å²) in [5.74, 6) is -1.38. The maximum Gasteiger partial charge on any atom is 0.328 e. The van der Waals surface area contributed by atoms with Crippen molar-refractivity contribution in [3.8, 4) is 6.07 Å². The zero-order valence-corrected chi connectivity index (χ0v) is 13.1. The number of hydrogen-bond donors (Lipinski definition) is 2. The monoisotopic (exact) mass is 317 g/mol. The SMILES string of the molecule is COC(=O)[C@H](CCCC#N)NC(=O)c1ccccc1NC(C)=O. The number of rotatable bonds is 7. The Hall–Kier alpha value is -2.88. The molecule has 1 atom stereocenters. The van der Waals surface area contributed by atoms with Crippen molar-refractivity contribution < 1.29 is 19.1 Å². The normalized spacial score (nSPS) is 11.0. The van der Waals surface area contributed by atoms with Gasteiger partial charge in [0.2, 0.25) is 5.91 Å². The molecule has 1 rings (SSSR count). The van der Waals surface area contributed by atoms with Crippen LogP contribution in [0.3, 0.4) is 0 Å². The Morgan fingerprint density at radius 2 is 2.00 bits per heavy atom. The van der Waals surface area contributed by atoms with Crippen LogP contribution in [0.1, 0.15) is 36.5 Å². The molecule has 23 heavy (non-hydrogen) atoms. The van der Waals surface area contributed by atoms with Gasteiger partial charge in [0, 0.05) is 13.3 Å². The molecular weight excluding hydrogens is 298 g/mol. The standard InChI is InChI=1S/C16H19N3O4/c1-11(20)18-13-8-4-3-7-12(13)15(21)19-14(16(22)23-2)9-5-6-10-17/h3-4,7-8,14H,5-6,9H2,1-2H3,(H,18,20)(H,19,21)/t14-/m0/s1. The Bertz CT molecular complexity index is 622. The van der Waals surface area contributed by atoms with Crippen LogP contribution in [0.4, 0.5) is 5.69 Å². The molecule has 0 unspecified atom stereocenters. The third kappa shape index (κ3) is 5.79. The number of nitrogens with one attached hydrogen (secondary N) is 2. The van der Waals surface area contributed by atoms with Gasteiger partial charge < -0.3 is 15.4 Å². The van der Waals surface area contributed by atoms with Gasteiger partial charge in [-0.05, 0) is 25.0 Å². The lowest BCUT2D eigenvalue weighted by molar-refractivity contribution is -0.143. The van der Waals surface area contributed by atoms with Gasteiger partial charge in [-0.2, -0.15) is 5.26 Å². The summed E-state index contributed by atoms with van der Waals surface area (Å²) in [6.45, 7) is 1.34. The van der Waals surface area contributed by atoms with Crippen LogP contribution in [0.5, 0.6) is 0 Å². The highest BCUT2D eigenvalue weighted by Crippen LogP contribution is 2.15. The second kappa shape index (κ2) is 9.20. The van der Waals surface area contributed by atoms with Crippen molar-refractivity contribution in [2.24, 2.45) is 0 Å². The first-order chi connectivity index (χ1) is 11.0. The van der Waals surface area contributed by atoms with Crippen molar-refractivity contribution in [1.82, 2.24) is 5.32 Å². The van der Waals surface area contributed by atoms with Crippen LogP contribution in [0.15, 0.2) is 24.3 Å². The molecule has 0 aliphatic heterocycles. The Labute approximate surface area is 134 Å². The van der Waals surface area contributed by atoms with Gasteiger partial charge in [0.1, 0.15) is 6.04 Å². The molecule has 0 radical (unpaired) electrons. The number of ether oxygens (including phenoxy) is 1. The van der Waals surface area contributed by atoms with Crippen molar-refractivity contribution in [2.75, 3.05) is 12.4 Å². The van der Waals surface area contributed by atoms with E-state index >= 15 is 0 Å². The highest BCUT2D eigenvalue weighted by atomic mass is 16.5. The Kier molecular flexibility index (Phi) is 7.27. The molecule has 7 nitrogen and oxygen atoms in total. The maximum atomic E-state index is 12.4. The molecule has 122 valence electrons. The average Bonchev–Trinajstić information content (AvgIpc) is 2.53. The minimum atomic E-state index is -0.841. The maximum absolute atomic E-state index is 12.4. The summed E-state index contributed by atoms with van der Waals surface area (Å²) >= 11 is 0. The van der Waals surface area contributed by atoms with E-state index in [-0.39, 0.29) is 17.9 Å². The van der Waals surface area contributed by atoms with Crippen LogP contribution >= 0.6 is 0 Å². The van der Waals surface area contributed by atoms with E-state index < -0.39 is 17.9 Å². The fourth-order valence-electron chi connectivity index (χ4n) is 1.99. The number of carbonyl (C=O) groups excluding carboxylic acids is 3. The minimum absolute atomic E-state index is 0.247. The van der Waals surface area contributed by atoms with E-state index in [0.29, 0.717) is 18.5 Å². The molecule has 0 saturated carbocycles. The van der Waals surface area contributed by atoms with Gasteiger partial charge in [0.15, 0.2) is 0 Å². The summed E-state index contributed by atoms with van der Waals surface area (Å²) in [6.07, 6.45) is 1.05. The van der Waals surface area contributed by atoms with Gasteiger partial charge >= 0.3 is 5.97 Å². The first-order valence-corrected chi connectivity index (χ1v) is 7.11. The molecule has 2 amide bonds. The molecule has 0 bridgehead atoms. The lowest BCUT2D eigenvalue weighted by atomic mass is 10.1. The number of nitrogens with zero attached hydrogens (tertiary/aromatic N) is 1. The number of amides is 2. The quantitative estimate of drug-likeness (QED) is 0.586. The number of nitriles is 1. The second-order valence-corrected chi connectivity index (χ2v) is 4.83. The van der Waals surface area contributed by atoms with Crippen LogP contribution < -0.4 is 10.6 Å².